The second-order valence-electron chi connectivity index (χ2n) is 27.2. The van der Waals surface area contributed by atoms with E-state index in [2.05, 4.69) is 123 Å². The fraction of sp³-hybridized carbons (Fsp3) is 0.176. The van der Waals surface area contributed by atoms with Gasteiger partial charge in [-0.05, 0) is 166 Å². The number of pyridine rings is 6. The summed E-state index contributed by atoms with van der Waals surface area (Å²) >= 11 is 0. The number of urea groups is 4. The highest BCUT2D eigenvalue weighted by Gasteiger charge is 2.23. The van der Waals surface area contributed by atoms with Crippen molar-refractivity contribution in [2.75, 3.05) is 77.5 Å². The molecular formula is C85H85N29O6. The zero-order valence-corrected chi connectivity index (χ0v) is 66.4. The number of H-pyrrole nitrogens is 4. The van der Waals surface area contributed by atoms with E-state index in [0.717, 1.165) is 120 Å². The number of carbonyl (C=O) groups is 5. The van der Waals surface area contributed by atoms with Gasteiger partial charge >= 0.3 is 24.1 Å². The van der Waals surface area contributed by atoms with E-state index < -0.39 is 0 Å². The molecule has 1 aliphatic heterocycles. The Balaban J connectivity index is 0.000000131. The van der Waals surface area contributed by atoms with Gasteiger partial charge in [-0.2, -0.15) is 5.10 Å². The molecule has 17 rings (SSSR count). The molecule has 15 N–H and O–H groups in total. The number of amides is 9. The first kappa shape index (κ1) is 80.5. The maximum atomic E-state index is 12.7. The Morgan fingerprint density at radius 2 is 0.892 bits per heavy atom. The van der Waals surface area contributed by atoms with E-state index in [4.69, 9.17) is 10.7 Å². The van der Waals surface area contributed by atoms with Crippen molar-refractivity contribution in [2.24, 2.45) is 0 Å². The average molecular weight is 1610 g/mol. The van der Waals surface area contributed by atoms with Crippen LogP contribution in [-0.4, -0.2) is 159 Å². The lowest BCUT2D eigenvalue weighted by atomic mass is 10.0. The molecular weight excluding hydrogens is 1520 g/mol. The van der Waals surface area contributed by atoms with Crippen molar-refractivity contribution in [3.05, 3.63) is 217 Å². The molecule has 0 radical (unpaired) electrons. The second kappa shape index (κ2) is 37.0. The van der Waals surface area contributed by atoms with E-state index in [1.807, 2.05) is 181 Å². The molecule has 0 atom stereocenters. The van der Waals surface area contributed by atoms with E-state index in [1.54, 1.807) is 71.7 Å². The topological polar surface area (TPSA) is 468 Å². The first-order chi connectivity index (χ1) is 58.4. The van der Waals surface area contributed by atoms with E-state index in [-0.39, 0.29) is 35.6 Å². The van der Waals surface area contributed by atoms with Gasteiger partial charge in [-0.1, -0.05) is 36.4 Å². The molecule has 9 amide bonds. The van der Waals surface area contributed by atoms with Gasteiger partial charge in [0.1, 0.15) is 28.8 Å². The number of fused-ring (bicyclic) bond motifs is 5. The van der Waals surface area contributed by atoms with Crippen LogP contribution in [0.3, 0.4) is 0 Å². The van der Waals surface area contributed by atoms with Crippen LogP contribution in [0.2, 0.25) is 0 Å². The van der Waals surface area contributed by atoms with E-state index in [9.17, 15) is 28.8 Å². The number of aromatic nitrogens is 18. The van der Waals surface area contributed by atoms with Gasteiger partial charge in [-0.15, -0.1) is 0 Å². The third-order valence-electron chi connectivity index (χ3n) is 18.9. The van der Waals surface area contributed by atoms with Crippen LogP contribution in [0.5, 0.6) is 0 Å². The Morgan fingerprint density at radius 3 is 1.32 bits per heavy atom. The molecule has 0 aliphatic carbocycles. The Hall–Kier alpha value is -16.1. The molecule has 4 aromatic carbocycles. The number of aryl methyl sites for hydroxylation is 1. The second-order valence-corrected chi connectivity index (χ2v) is 27.2. The molecule has 35 nitrogen and oxygen atoms in total. The minimum atomic E-state index is -0.344. The summed E-state index contributed by atoms with van der Waals surface area (Å²) in [4.78, 5) is 136. The van der Waals surface area contributed by atoms with Crippen molar-refractivity contribution in [3.63, 3.8) is 0 Å². The standard InChI is InChI=1S/C23H23N7O2.C21H22N8O2.C21H21N7O.C20H19N7O/c1-4-25-23(32)29-22-27-19-12-16(15-7-6-10-24-13-15)11-17(21(19)28-22)18-8-5-9-20(26-18)30(3)14(2)31;1-2-22-21(31)27-20-25-15-10-13(11-16(19(15)26-20)29-9-5-7-23-29)14-12-18(30)28-8-4-3-6-17(28)24-14;1-3-24-21(29)28-20-26-17-11-14(13-6-5-9-23-12-13)10-15(19(17)27-20)16-7-4-8-18(22-2)25-16;1-2-23-20(28)27-19-25-16-10-13(12-5-4-8-22-11-12)9-14(18(16)26-19)15-6-3-7-17(21)24-15/h5-13H,4H2,1-3H3,(H3,25,27,28,29,32);5,7,9-12H,2-4,6,8H2,1H3,(H3,22,25,26,27,31);4-12H,3H2,1-2H3,(H,22,25)(H3,24,26,27,28,29);3-11H,2H2,1H3,(H2,21,24)(H3,23,25,26,27,28). The Morgan fingerprint density at radius 1 is 0.450 bits per heavy atom. The number of nitrogens with two attached hydrogens (primary N) is 1. The average Bonchev–Trinajstić information content (AvgIpc) is 1.57. The molecule has 12 aromatic heterocycles. The van der Waals surface area contributed by atoms with Crippen LogP contribution in [0.1, 0.15) is 53.3 Å². The van der Waals surface area contributed by atoms with Gasteiger partial charge < -0.3 is 57.2 Å². The lowest BCUT2D eigenvalue weighted by molar-refractivity contribution is -0.116. The molecule has 13 heterocycles. The van der Waals surface area contributed by atoms with Gasteiger partial charge in [0, 0.05) is 155 Å². The molecule has 0 fully saturated rings. The molecule has 0 unspecified atom stereocenters. The number of carbonyl (C=O) groups excluding carboxylic acids is 5. The van der Waals surface area contributed by atoms with Gasteiger partial charge in [0.05, 0.1) is 67.1 Å². The SMILES string of the molecule is CCNC(=O)Nc1nc2c(-c3cccc(N(C)C(C)=O)n3)cc(-c3cccnc3)cc2[nH]1.CCNC(=O)Nc1nc2c(-c3cccc(N)n3)cc(-c3cccnc3)cc2[nH]1.CCNC(=O)Nc1nc2c(-c3cccc(NC)n3)cc(-c3cccnc3)cc2[nH]1.CCNC(=O)Nc1nc2c(-n3cccn3)cc(-c3cc(=O)n4c(n3)CCCC4)cc2[nH]1. The zero-order chi connectivity index (χ0) is 83.8. The molecule has 0 bridgehead atoms. The molecule has 35 heteroatoms. The van der Waals surface area contributed by atoms with Crippen LogP contribution in [0.15, 0.2) is 206 Å². The maximum absolute atomic E-state index is 12.7. The third kappa shape index (κ3) is 19.0. The number of nitrogens with zero attached hydrogens (tertiary/aromatic N) is 15. The molecule has 606 valence electrons. The predicted octanol–water partition coefficient (Wildman–Crippen LogP) is 13.5. The highest BCUT2D eigenvalue weighted by molar-refractivity contribution is 6.02. The summed E-state index contributed by atoms with van der Waals surface area (Å²) in [5.41, 5.74) is 24.0. The first-order valence-electron chi connectivity index (χ1n) is 38.7. The number of anilines is 7. The number of nitrogen functional groups attached to an aromatic ring is 1. The molecule has 0 saturated carbocycles. The minimum Gasteiger partial charge on any atom is -0.384 e. The highest BCUT2D eigenvalue weighted by Crippen LogP contribution is 2.38. The summed E-state index contributed by atoms with van der Waals surface area (Å²) in [6.45, 7) is 11.7. The molecule has 1 aliphatic rings. The number of hydrogen-bond acceptors (Lipinski definition) is 20. The number of imidazole rings is 4. The van der Waals surface area contributed by atoms with Crippen molar-refractivity contribution in [2.45, 2.75) is 60.4 Å². The van der Waals surface area contributed by atoms with Crippen molar-refractivity contribution < 1.29 is 24.0 Å². The summed E-state index contributed by atoms with van der Waals surface area (Å²) in [6, 6.07) is 46.2. The quantitative estimate of drug-likeness (QED) is 0.0379. The molecule has 0 spiro atoms. The lowest BCUT2D eigenvalue weighted by Gasteiger charge is -2.18. The van der Waals surface area contributed by atoms with Gasteiger partial charge in [0.25, 0.3) is 5.56 Å². The monoisotopic (exact) mass is 1610 g/mol. The van der Waals surface area contributed by atoms with Crippen molar-refractivity contribution >= 4 is 115 Å². The summed E-state index contributed by atoms with van der Waals surface area (Å²) in [5.74, 6) is 3.81. The Labute approximate surface area is 685 Å². The fourth-order valence-corrected chi connectivity index (χ4v) is 13.3. The van der Waals surface area contributed by atoms with Gasteiger partial charge in [0.15, 0.2) is 0 Å². The summed E-state index contributed by atoms with van der Waals surface area (Å²) in [6.07, 6.45) is 16.9. The van der Waals surface area contributed by atoms with E-state index in [0.29, 0.717) is 107 Å². The van der Waals surface area contributed by atoms with Crippen LogP contribution in [0.25, 0.3) is 128 Å². The molecule has 16 aromatic rings. The smallest absolute Gasteiger partial charge is 0.321 e. The maximum Gasteiger partial charge on any atom is 0.321 e. The number of rotatable bonds is 18. The fourth-order valence-electron chi connectivity index (χ4n) is 13.3. The van der Waals surface area contributed by atoms with Crippen molar-refractivity contribution in [3.8, 4) is 84.1 Å². The number of aromatic amines is 4. The predicted molar refractivity (Wildman–Crippen MR) is 465 cm³/mol. The van der Waals surface area contributed by atoms with Crippen molar-refractivity contribution in [1.29, 1.82) is 0 Å². The highest BCUT2D eigenvalue weighted by atomic mass is 16.2. The van der Waals surface area contributed by atoms with Gasteiger partial charge in [-0.25, -0.2) is 63.7 Å². The van der Waals surface area contributed by atoms with Crippen LogP contribution < -0.4 is 64.0 Å². The van der Waals surface area contributed by atoms with Crippen molar-refractivity contribution in [1.82, 2.24) is 110 Å². The van der Waals surface area contributed by atoms with Crippen LogP contribution in [-0.2, 0) is 17.8 Å². The number of hydrogen-bond donors (Lipinski definition) is 14. The van der Waals surface area contributed by atoms with Crippen LogP contribution in [0.4, 0.5) is 60.4 Å². The van der Waals surface area contributed by atoms with E-state index in [1.165, 1.54) is 11.8 Å². The third-order valence-corrected chi connectivity index (χ3v) is 18.9. The summed E-state index contributed by atoms with van der Waals surface area (Å²) in [7, 11) is 3.51. The lowest BCUT2D eigenvalue weighted by Crippen LogP contribution is -2.28. The number of benzene rings is 4. The first-order valence-corrected chi connectivity index (χ1v) is 38.7. The number of nitrogens with one attached hydrogen (secondary N) is 13. The summed E-state index contributed by atoms with van der Waals surface area (Å²) in [5, 5.41) is 29.0. The summed E-state index contributed by atoms with van der Waals surface area (Å²) < 4.78 is 3.46. The van der Waals surface area contributed by atoms with E-state index >= 15 is 0 Å². The molecule has 120 heavy (non-hydrogen) atoms. The molecule has 0 saturated heterocycles. The zero-order valence-electron chi connectivity index (χ0n) is 66.4. The van der Waals surface area contributed by atoms with Crippen LogP contribution >= 0.6 is 0 Å². The Bertz CT molecular complexity index is 6440. The Kier molecular flexibility index (Phi) is 24.8. The normalized spacial score (nSPS) is 11.4. The van der Waals surface area contributed by atoms with Gasteiger partial charge in [0.2, 0.25) is 29.7 Å². The van der Waals surface area contributed by atoms with Crippen LogP contribution in [0, 0.1) is 0 Å². The minimum absolute atomic E-state index is 0.0383. The largest absolute Gasteiger partial charge is 0.384 e. The van der Waals surface area contributed by atoms with Gasteiger partial charge in [-0.3, -0.25) is 50.4 Å².